The van der Waals surface area contributed by atoms with Crippen molar-refractivity contribution < 1.29 is 18.3 Å². The Morgan fingerprint density at radius 3 is 2.43 bits per heavy atom. The van der Waals surface area contributed by atoms with Gasteiger partial charge in [0.05, 0.1) is 16.4 Å². The maximum atomic E-state index is 12.3. The van der Waals surface area contributed by atoms with Gasteiger partial charge in [0, 0.05) is 6.04 Å². The van der Waals surface area contributed by atoms with Gasteiger partial charge in [-0.3, -0.25) is 4.79 Å². The highest BCUT2D eigenvalue weighted by Gasteiger charge is 2.29. The molecule has 6 nitrogen and oxygen atoms in total. The molecule has 0 amide bonds. The molecule has 7 heteroatoms. The number of sulfonamides is 1. The third-order valence-corrected chi connectivity index (χ3v) is 5.27. The molecule has 0 aromatic heterocycles. The van der Waals surface area contributed by atoms with Gasteiger partial charge in [-0.25, -0.2) is 13.1 Å². The van der Waals surface area contributed by atoms with Crippen molar-refractivity contribution in [2.45, 2.75) is 36.6 Å². The van der Waals surface area contributed by atoms with E-state index in [0.717, 1.165) is 0 Å². The zero-order valence-electron chi connectivity index (χ0n) is 11.3. The van der Waals surface area contributed by atoms with Gasteiger partial charge in [0.25, 0.3) is 0 Å². The second-order valence-electron chi connectivity index (χ2n) is 5.12. The Morgan fingerprint density at radius 2 is 1.86 bits per heavy atom. The first-order valence-electron chi connectivity index (χ1n) is 6.68. The van der Waals surface area contributed by atoms with Crippen molar-refractivity contribution in [2.24, 2.45) is 5.92 Å². The van der Waals surface area contributed by atoms with Crippen molar-refractivity contribution in [3.63, 3.8) is 0 Å². The standard InChI is InChI=1S/C14H16N2O4S/c15-9-11-3-1-2-4-13(11)21(19,20)16-12-7-5-10(6-8-12)14(17)18/h1-4,10,12,16H,5-8H2,(H,17,18). The van der Waals surface area contributed by atoms with Crippen LogP contribution in [0.3, 0.4) is 0 Å². The lowest BCUT2D eigenvalue weighted by molar-refractivity contribution is -0.142. The van der Waals surface area contributed by atoms with Crippen LogP contribution >= 0.6 is 0 Å². The molecular formula is C14H16N2O4S. The number of rotatable bonds is 4. The van der Waals surface area contributed by atoms with E-state index < -0.39 is 21.9 Å². The minimum Gasteiger partial charge on any atom is -0.481 e. The summed E-state index contributed by atoms with van der Waals surface area (Å²) in [5.74, 6) is -1.22. The summed E-state index contributed by atoms with van der Waals surface area (Å²) < 4.78 is 27.2. The van der Waals surface area contributed by atoms with E-state index >= 15 is 0 Å². The highest BCUT2D eigenvalue weighted by molar-refractivity contribution is 7.89. The Morgan fingerprint density at radius 1 is 1.24 bits per heavy atom. The number of carbonyl (C=O) groups is 1. The smallest absolute Gasteiger partial charge is 0.306 e. The molecule has 1 aromatic carbocycles. The summed E-state index contributed by atoms with van der Waals surface area (Å²) in [5, 5.41) is 17.9. The molecule has 0 bridgehead atoms. The first-order chi connectivity index (χ1) is 9.94. The van der Waals surface area contributed by atoms with E-state index in [-0.39, 0.29) is 16.5 Å². The van der Waals surface area contributed by atoms with Gasteiger partial charge >= 0.3 is 5.97 Å². The molecule has 1 aliphatic carbocycles. The van der Waals surface area contributed by atoms with Gasteiger partial charge in [-0.05, 0) is 37.8 Å². The molecule has 21 heavy (non-hydrogen) atoms. The van der Waals surface area contributed by atoms with E-state index in [1.54, 1.807) is 12.1 Å². The summed E-state index contributed by atoms with van der Waals surface area (Å²) in [6.45, 7) is 0. The average molecular weight is 308 g/mol. The molecule has 2 N–H and O–H groups in total. The molecule has 1 aromatic rings. The van der Waals surface area contributed by atoms with Crippen LogP contribution in [0.4, 0.5) is 0 Å². The van der Waals surface area contributed by atoms with Crippen molar-refractivity contribution in [3.05, 3.63) is 29.8 Å². The summed E-state index contributed by atoms with van der Waals surface area (Å²) in [4.78, 5) is 10.8. The maximum Gasteiger partial charge on any atom is 0.306 e. The van der Waals surface area contributed by atoms with Crippen LogP contribution in [0.1, 0.15) is 31.2 Å². The van der Waals surface area contributed by atoms with E-state index in [2.05, 4.69) is 4.72 Å². The highest BCUT2D eigenvalue weighted by atomic mass is 32.2. The van der Waals surface area contributed by atoms with Gasteiger partial charge in [0.2, 0.25) is 10.0 Å². The second-order valence-corrected chi connectivity index (χ2v) is 6.80. The van der Waals surface area contributed by atoms with E-state index in [1.807, 2.05) is 6.07 Å². The van der Waals surface area contributed by atoms with Crippen molar-refractivity contribution in [1.82, 2.24) is 4.72 Å². The van der Waals surface area contributed by atoms with Gasteiger partial charge in [-0.2, -0.15) is 5.26 Å². The van der Waals surface area contributed by atoms with Crippen molar-refractivity contribution in [3.8, 4) is 6.07 Å². The lowest BCUT2D eigenvalue weighted by Gasteiger charge is -2.26. The molecule has 0 atom stereocenters. The third kappa shape index (κ3) is 3.60. The fraction of sp³-hybridized carbons (Fsp3) is 0.429. The zero-order valence-corrected chi connectivity index (χ0v) is 12.1. The van der Waals surface area contributed by atoms with Crippen LogP contribution in [-0.2, 0) is 14.8 Å². The SMILES string of the molecule is N#Cc1ccccc1S(=O)(=O)NC1CCC(C(=O)O)CC1. The predicted octanol–water partition coefficient (Wildman–Crippen LogP) is 1.48. The number of carboxylic acids is 1. The Bertz CT molecular complexity index is 670. The predicted molar refractivity (Wildman–Crippen MR) is 74.9 cm³/mol. The molecule has 0 unspecified atom stereocenters. The Balaban J connectivity index is 2.09. The van der Waals surface area contributed by atoms with Crippen molar-refractivity contribution in [1.29, 1.82) is 5.26 Å². The Hall–Kier alpha value is -1.91. The lowest BCUT2D eigenvalue weighted by Crippen LogP contribution is -2.38. The third-order valence-electron chi connectivity index (χ3n) is 3.70. The number of hydrogen-bond acceptors (Lipinski definition) is 4. The Kier molecular flexibility index (Phi) is 4.60. The number of carboxylic acid groups (broad SMARTS) is 1. The van der Waals surface area contributed by atoms with Crippen molar-refractivity contribution >= 4 is 16.0 Å². The topological polar surface area (TPSA) is 107 Å². The minimum atomic E-state index is -3.76. The van der Waals surface area contributed by atoms with Gasteiger partial charge < -0.3 is 5.11 Å². The molecule has 1 fully saturated rings. The average Bonchev–Trinajstić information content (AvgIpc) is 2.47. The summed E-state index contributed by atoms with van der Waals surface area (Å²) in [7, 11) is -3.76. The van der Waals surface area contributed by atoms with Crippen LogP contribution in [0.25, 0.3) is 0 Å². The number of nitrogens with zero attached hydrogens (tertiary/aromatic N) is 1. The summed E-state index contributed by atoms with van der Waals surface area (Å²) in [6, 6.07) is 7.60. The van der Waals surface area contributed by atoms with E-state index in [9.17, 15) is 13.2 Å². The second kappa shape index (κ2) is 6.24. The maximum absolute atomic E-state index is 12.3. The van der Waals surface area contributed by atoms with Crippen LogP contribution in [0, 0.1) is 17.2 Å². The van der Waals surface area contributed by atoms with Crippen LogP contribution in [0.2, 0.25) is 0 Å². The van der Waals surface area contributed by atoms with Crippen LogP contribution in [-0.4, -0.2) is 25.5 Å². The molecule has 112 valence electrons. The number of benzene rings is 1. The van der Waals surface area contributed by atoms with E-state index in [0.29, 0.717) is 25.7 Å². The van der Waals surface area contributed by atoms with Crippen LogP contribution in [0.5, 0.6) is 0 Å². The number of hydrogen-bond donors (Lipinski definition) is 2. The van der Waals surface area contributed by atoms with Gasteiger partial charge in [-0.1, -0.05) is 12.1 Å². The molecule has 0 spiro atoms. The molecule has 0 radical (unpaired) electrons. The van der Waals surface area contributed by atoms with Gasteiger partial charge in [0.15, 0.2) is 0 Å². The lowest BCUT2D eigenvalue weighted by atomic mass is 9.87. The molecule has 0 saturated heterocycles. The minimum absolute atomic E-state index is 0.0344. The molecule has 0 heterocycles. The normalized spacial score (nSPS) is 22.4. The quantitative estimate of drug-likeness (QED) is 0.876. The highest BCUT2D eigenvalue weighted by Crippen LogP contribution is 2.26. The summed E-state index contributed by atoms with van der Waals surface area (Å²) in [5.41, 5.74) is 0.101. The van der Waals surface area contributed by atoms with E-state index in [4.69, 9.17) is 10.4 Å². The summed E-state index contributed by atoms with van der Waals surface area (Å²) in [6.07, 6.45) is 1.90. The number of aliphatic carboxylic acids is 1. The first-order valence-corrected chi connectivity index (χ1v) is 8.16. The summed E-state index contributed by atoms with van der Waals surface area (Å²) >= 11 is 0. The van der Waals surface area contributed by atoms with Gasteiger partial charge in [0.1, 0.15) is 6.07 Å². The monoisotopic (exact) mass is 308 g/mol. The van der Waals surface area contributed by atoms with Gasteiger partial charge in [-0.15, -0.1) is 0 Å². The molecule has 1 saturated carbocycles. The molecular weight excluding hydrogens is 292 g/mol. The molecule has 2 rings (SSSR count). The largest absolute Gasteiger partial charge is 0.481 e. The molecule has 0 aliphatic heterocycles. The van der Waals surface area contributed by atoms with E-state index in [1.165, 1.54) is 12.1 Å². The molecule has 1 aliphatic rings. The first kappa shape index (κ1) is 15.5. The van der Waals surface area contributed by atoms with Crippen LogP contribution < -0.4 is 4.72 Å². The fourth-order valence-corrected chi connectivity index (χ4v) is 4.00. The van der Waals surface area contributed by atoms with Crippen molar-refractivity contribution in [2.75, 3.05) is 0 Å². The Labute approximate surface area is 123 Å². The van der Waals surface area contributed by atoms with Crippen LogP contribution in [0.15, 0.2) is 29.2 Å². The number of nitriles is 1. The number of nitrogens with one attached hydrogen (secondary N) is 1. The zero-order chi connectivity index (χ0) is 15.5. The fourth-order valence-electron chi connectivity index (χ4n) is 2.53.